The summed E-state index contributed by atoms with van der Waals surface area (Å²) in [6, 6.07) is 1.88. The monoisotopic (exact) mass is 326 g/mol. The van der Waals surface area contributed by atoms with Crippen molar-refractivity contribution in [2.24, 2.45) is 5.73 Å². The van der Waals surface area contributed by atoms with Gasteiger partial charge in [-0.3, -0.25) is 4.79 Å². The molecule has 1 atom stereocenters. The lowest BCUT2D eigenvalue weighted by Gasteiger charge is -2.10. The number of fused-ring (bicyclic) bond motifs is 1. The van der Waals surface area contributed by atoms with Crippen LogP contribution in [0.5, 0.6) is 0 Å². The van der Waals surface area contributed by atoms with Gasteiger partial charge in [0.15, 0.2) is 0 Å². The van der Waals surface area contributed by atoms with Gasteiger partial charge in [-0.1, -0.05) is 19.0 Å². The second-order valence-corrected chi connectivity index (χ2v) is 5.72. The molecular formula is C15H23ClN4O2. The molecule has 0 radical (unpaired) electrons. The van der Waals surface area contributed by atoms with Crippen molar-refractivity contribution in [1.82, 2.24) is 15.5 Å². The van der Waals surface area contributed by atoms with E-state index in [-0.39, 0.29) is 30.3 Å². The van der Waals surface area contributed by atoms with Gasteiger partial charge in [-0.2, -0.15) is 0 Å². The summed E-state index contributed by atoms with van der Waals surface area (Å²) in [6.07, 6.45) is 0.736. The second kappa shape index (κ2) is 7.56. The highest BCUT2D eigenvalue weighted by atomic mass is 35.5. The summed E-state index contributed by atoms with van der Waals surface area (Å²) >= 11 is 0. The summed E-state index contributed by atoms with van der Waals surface area (Å²) in [7, 11) is 0. The zero-order valence-corrected chi connectivity index (χ0v) is 14.2. The van der Waals surface area contributed by atoms with Gasteiger partial charge in [0.1, 0.15) is 0 Å². The fraction of sp³-hybridized carbons (Fsp3) is 0.533. The number of aryl methyl sites for hydroxylation is 1. The minimum absolute atomic E-state index is 0. The molecule has 22 heavy (non-hydrogen) atoms. The van der Waals surface area contributed by atoms with Gasteiger partial charge in [0.05, 0.1) is 16.6 Å². The minimum atomic E-state index is -0.142. The number of amides is 1. The van der Waals surface area contributed by atoms with Crippen LogP contribution in [0, 0.1) is 6.92 Å². The topological polar surface area (TPSA) is 94.0 Å². The number of pyridine rings is 1. The van der Waals surface area contributed by atoms with Crippen LogP contribution >= 0.6 is 12.4 Å². The zero-order chi connectivity index (χ0) is 15.6. The number of carbonyl (C=O) groups excluding carboxylic acids is 1. The largest absolute Gasteiger partial charge is 0.352 e. The minimum Gasteiger partial charge on any atom is -0.352 e. The van der Waals surface area contributed by atoms with Gasteiger partial charge in [0.2, 0.25) is 0 Å². The Kier molecular flexibility index (Phi) is 6.32. The maximum absolute atomic E-state index is 12.4. The average Bonchev–Trinajstić information content (AvgIpc) is 2.79. The molecule has 2 aromatic rings. The normalized spacial score (nSPS) is 12.3. The van der Waals surface area contributed by atoms with Gasteiger partial charge in [-0.25, -0.2) is 4.98 Å². The van der Waals surface area contributed by atoms with E-state index in [1.807, 2.05) is 26.8 Å². The molecule has 1 unspecified atom stereocenters. The number of nitrogens with two attached hydrogens (primary N) is 1. The molecule has 0 saturated carbocycles. The first-order chi connectivity index (χ1) is 9.90. The second-order valence-electron chi connectivity index (χ2n) is 5.72. The molecule has 2 rings (SSSR count). The average molecular weight is 327 g/mol. The fourth-order valence-corrected chi connectivity index (χ4v) is 2.10. The van der Waals surface area contributed by atoms with Gasteiger partial charge < -0.3 is 15.6 Å². The number of hydrogen-bond acceptors (Lipinski definition) is 5. The highest BCUT2D eigenvalue weighted by Crippen LogP contribution is 2.24. The first kappa shape index (κ1) is 18.4. The fourth-order valence-electron chi connectivity index (χ4n) is 2.10. The molecule has 2 aromatic heterocycles. The lowest BCUT2D eigenvalue weighted by Crippen LogP contribution is -2.29. The molecule has 0 aliphatic heterocycles. The van der Waals surface area contributed by atoms with Crippen LogP contribution < -0.4 is 11.1 Å². The number of nitrogens with zero attached hydrogens (tertiary/aromatic N) is 2. The Morgan fingerprint density at radius 1 is 1.41 bits per heavy atom. The molecule has 0 bridgehead atoms. The lowest BCUT2D eigenvalue weighted by atomic mass is 10.0. The Balaban J connectivity index is 0.00000242. The van der Waals surface area contributed by atoms with Crippen molar-refractivity contribution in [3.8, 4) is 0 Å². The van der Waals surface area contributed by atoms with Crippen LogP contribution in [0.4, 0.5) is 0 Å². The third kappa shape index (κ3) is 3.96. The maximum Gasteiger partial charge on any atom is 0.259 e. The number of carbonyl (C=O) groups is 1. The summed E-state index contributed by atoms with van der Waals surface area (Å²) in [5.41, 5.74) is 8.16. The van der Waals surface area contributed by atoms with Crippen LogP contribution in [0.3, 0.4) is 0 Å². The highest BCUT2D eigenvalue weighted by molar-refractivity contribution is 6.06. The Morgan fingerprint density at radius 3 is 2.68 bits per heavy atom. The van der Waals surface area contributed by atoms with E-state index in [4.69, 9.17) is 10.3 Å². The maximum atomic E-state index is 12.4. The summed E-state index contributed by atoms with van der Waals surface area (Å²) in [4.78, 5) is 16.8. The Hall–Kier alpha value is -1.66. The van der Waals surface area contributed by atoms with Crippen molar-refractivity contribution in [2.75, 3.05) is 6.54 Å². The van der Waals surface area contributed by atoms with Crippen molar-refractivity contribution in [1.29, 1.82) is 0 Å². The summed E-state index contributed by atoms with van der Waals surface area (Å²) in [6.45, 7) is 8.31. The van der Waals surface area contributed by atoms with Crippen molar-refractivity contribution in [2.45, 2.75) is 46.1 Å². The standard InChI is InChI=1S/C15H22N4O2.ClH/c1-8(2)12-7-11(14(20)17-6-5-9(3)16)13-10(4)19-21-15(13)18-12;/h7-9H,5-6,16H2,1-4H3,(H,17,20);1H. The molecule has 3 N–H and O–H groups in total. The first-order valence-corrected chi connectivity index (χ1v) is 7.20. The Morgan fingerprint density at radius 2 is 2.09 bits per heavy atom. The first-order valence-electron chi connectivity index (χ1n) is 7.20. The molecule has 0 aliphatic rings. The van der Waals surface area contributed by atoms with Crippen molar-refractivity contribution >= 4 is 29.4 Å². The van der Waals surface area contributed by atoms with Gasteiger partial charge in [0, 0.05) is 18.3 Å². The number of aromatic nitrogens is 2. The van der Waals surface area contributed by atoms with Crippen LogP contribution in [0.15, 0.2) is 10.6 Å². The number of rotatable bonds is 5. The van der Waals surface area contributed by atoms with Crippen LogP contribution in [0.25, 0.3) is 11.1 Å². The van der Waals surface area contributed by atoms with Crippen LogP contribution in [-0.4, -0.2) is 28.6 Å². The van der Waals surface area contributed by atoms with E-state index in [1.165, 1.54) is 0 Å². The van der Waals surface area contributed by atoms with Gasteiger partial charge >= 0.3 is 0 Å². The third-order valence-corrected chi connectivity index (χ3v) is 3.36. The van der Waals surface area contributed by atoms with E-state index in [9.17, 15) is 4.79 Å². The molecule has 6 nitrogen and oxygen atoms in total. The van der Waals surface area contributed by atoms with E-state index in [1.54, 1.807) is 6.92 Å². The summed E-state index contributed by atoms with van der Waals surface area (Å²) < 4.78 is 5.21. The molecule has 7 heteroatoms. The third-order valence-electron chi connectivity index (χ3n) is 3.36. The van der Waals surface area contributed by atoms with Gasteiger partial charge in [0.25, 0.3) is 11.6 Å². The van der Waals surface area contributed by atoms with Crippen LogP contribution in [-0.2, 0) is 0 Å². The van der Waals surface area contributed by atoms with Crippen molar-refractivity contribution in [3.63, 3.8) is 0 Å². The van der Waals surface area contributed by atoms with E-state index < -0.39 is 0 Å². The van der Waals surface area contributed by atoms with E-state index in [2.05, 4.69) is 15.5 Å². The number of halogens is 1. The molecule has 0 aromatic carbocycles. The number of nitrogens with one attached hydrogen (secondary N) is 1. The van der Waals surface area contributed by atoms with Crippen LogP contribution in [0.1, 0.15) is 54.9 Å². The molecular weight excluding hydrogens is 304 g/mol. The zero-order valence-electron chi connectivity index (χ0n) is 13.3. The molecule has 0 aliphatic carbocycles. The molecule has 2 heterocycles. The van der Waals surface area contributed by atoms with E-state index >= 15 is 0 Å². The molecule has 0 spiro atoms. The summed E-state index contributed by atoms with van der Waals surface area (Å²) in [5.74, 6) is 0.0617. The van der Waals surface area contributed by atoms with E-state index in [0.29, 0.717) is 28.9 Å². The molecule has 122 valence electrons. The molecule has 0 fully saturated rings. The predicted molar refractivity (Wildman–Crippen MR) is 88.5 cm³/mol. The SMILES string of the molecule is Cc1noc2nc(C(C)C)cc(C(=O)NCCC(C)N)c12.Cl. The Bertz CT molecular complexity index is 652. The van der Waals surface area contributed by atoms with Crippen molar-refractivity contribution in [3.05, 3.63) is 23.0 Å². The van der Waals surface area contributed by atoms with E-state index in [0.717, 1.165) is 12.1 Å². The van der Waals surface area contributed by atoms with Gasteiger partial charge in [-0.15, -0.1) is 12.4 Å². The lowest BCUT2D eigenvalue weighted by molar-refractivity contribution is 0.0954. The molecule has 0 saturated heterocycles. The van der Waals surface area contributed by atoms with Gasteiger partial charge in [-0.05, 0) is 32.3 Å². The number of hydrogen-bond donors (Lipinski definition) is 2. The van der Waals surface area contributed by atoms with Crippen molar-refractivity contribution < 1.29 is 9.32 Å². The quantitative estimate of drug-likeness (QED) is 0.880. The van der Waals surface area contributed by atoms with Crippen LogP contribution in [0.2, 0.25) is 0 Å². The predicted octanol–water partition coefficient (Wildman–Crippen LogP) is 2.54. The smallest absolute Gasteiger partial charge is 0.259 e. The summed E-state index contributed by atoms with van der Waals surface area (Å²) in [5, 5.41) is 7.48. The Labute approximate surface area is 136 Å². The highest BCUT2D eigenvalue weighted by Gasteiger charge is 2.19. The molecule has 1 amide bonds.